The van der Waals surface area contributed by atoms with E-state index in [0.29, 0.717) is 19.0 Å². The minimum absolute atomic E-state index is 0.00350. The molecule has 6 rings (SSSR count). The quantitative estimate of drug-likeness (QED) is 0.374. The van der Waals surface area contributed by atoms with Crippen molar-refractivity contribution in [3.63, 3.8) is 0 Å². The molecule has 2 atom stereocenters. The molecule has 0 spiro atoms. The maximum atomic E-state index is 14.3. The first kappa shape index (κ1) is 25.5. The lowest BCUT2D eigenvalue weighted by Crippen LogP contribution is -2.51. The van der Waals surface area contributed by atoms with Crippen molar-refractivity contribution in [2.45, 2.75) is 69.7 Å². The Labute approximate surface area is 227 Å². The number of nitrogens with one attached hydrogen (secondary N) is 1. The smallest absolute Gasteiger partial charge is 0.250 e. The molecule has 0 unspecified atom stereocenters. The lowest BCUT2D eigenvalue weighted by Gasteiger charge is -2.39. The molecule has 10 nitrogen and oxygen atoms in total. The number of hydrogen-bond donors (Lipinski definition) is 1. The molecule has 2 aromatic heterocycles. The first-order valence-corrected chi connectivity index (χ1v) is 14.0. The van der Waals surface area contributed by atoms with Crippen molar-refractivity contribution in [1.82, 2.24) is 34.8 Å². The highest BCUT2D eigenvalue weighted by Gasteiger charge is 2.40. The Morgan fingerprint density at radius 2 is 1.74 bits per heavy atom. The number of benzene rings is 2. The number of nitrogens with zero attached hydrogens (tertiary/aromatic N) is 6. The number of ether oxygens (including phenoxy) is 1. The molecular formula is C29H35N7O3. The van der Waals surface area contributed by atoms with Crippen LogP contribution < -0.4 is 5.32 Å². The molecule has 2 aromatic carbocycles. The first-order chi connectivity index (χ1) is 19.1. The molecule has 204 valence electrons. The van der Waals surface area contributed by atoms with Crippen LogP contribution in [0.3, 0.4) is 0 Å². The fraction of sp³-hybridized carbons (Fsp3) is 0.483. The van der Waals surface area contributed by atoms with E-state index in [1.54, 1.807) is 9.58 Å². The minimum atomic E-state index is -0.880. The van der Waals surface area contributed by atoms with Gasteiger partial charge in [0, 0.05) is 26.2 Å². The largest absolute Gasteiger partial charge is 0.376 e. The Morgan fingerprint density at radius 1 is 1.00 bits per heavy atom. The van der Waals surface area contributed by atoms with Crippen LogP contribution in [-0.4, -0.2) is 66.6 Å². The second-order valence-electron chi connectivity index (χ2n) is 10.6. The molecule has 1 N–H and O–H groups in total. The van der Waals surface area contributed by atoms with E-state index in [2.05, 4.69) is 15.6 Å². The third kappa shape index (κ3) is 5.13. The van der Waals surface area contributed by atoms with E-state index >= 15 is 0 Å². The molecule has 4 aromatic rings. The van der Waals surface area contributed by atoms with Gasteiger partial charge in [-0.15, -0.1) is 5.10 Å². The molecule has 2 aliphatic rings. The highest BCUT2D eigenvalue weighted by Crippen LogP contribution is 2.32. The molecule has 1 saturated heterocycles. The molecule has 2 fully saturated rings. The van der Waals surface area contributed by atoms with E-state index in [0.717, 1.165) is 67.0 Å². The van der Waals surface area contributed by atoms with Crippen LogP contribution in [0.15, 0.2) is 48.5 Å². The Kier molecular flexibility index (Phi) is 7.28. The SMILES string of the molecule is Cn1c([C@@H](C(=O)NC[C@H]2CCCO2)N(C(=O)Cn2nnc3ccccc32)C2CCCCC2)nc2ccccc21. The Hall–Kier alpha value is -3.79. The van der Waals surface area contributed by atoms with E-state index in [4.69, 9.17) is 9.72 Å². The van der Waals surface area contributed by atoms with Crippen molar-refractivity contribution < 1.29 is 14.3 Å². The average molecular weight is 530 g/mol. The highest BCUT2D eigenvalue weighted by atomic mass is 16.5. The summed E-state index contributed by atoms with van der Waals surface area (Å²) in [5.74, 6) is 0.163. The van der Waals surface area contributed by atoms with Gasteiger partial charge < -0.3 is 19.5 Å². The minimum Gasteiger partial charge on any atom is -0.376 e. The van der Waals surface area contributed by atoms with Gasteiger partial charge in [0.2, 0.25) is 5.91 Å². The van der Waals surface area contributed by atoms with Gasteiger partial charge in [-0.1, -0.05) is 48.7 Å². The van der Waals surface area contributed by atoms with Gasteiger partial charge in [-0.3, -0.25) is 9.59 Å². The summed E-state index contributed by atoms with van der Waals surface area (Å²) in [4.78, 5) is 35.0. The van der Waals surface area contributed by atoms with Crippen molar-refractivity contribution in [2.75, 3.05) is 13.2 Å². The summed E-state index contributed by atoms with van der Waals surface area (Å²) in [7, 11) is 1.92. The van der Waals surface area contributed by atoms with Gasteiger partial charge >= 0.3 is 0 Å². The van der Waals surface area contributed by atoms with Crippen molar-refractivity contribution in [2.24, 2.45) is 7.05 Å². The second-order valence-corrected chi connectivity index (χ2v) is 10.6. The molecule has 1 aliphatic heterocycles. The van der Waals surface area contributed by atoms with Gasteiger partial charge in [0.05, 0.1) is 22.7 Å². The van der Waals surface area contributed by atoms with E-state index in [-0.39, 0.29) is 30.5 Å². The normalized spacial score (nSPS) is 18.9. The summed E-state index contributed by atoms with van der Waals surface area (Å²) in [5, 5.41) is 11.6. The maximum Gasteiger partial charge on any atom is 0.250 e. The van der Waals surface area contributed by atoms with Crippen molar-refractivity contribution >= 4 is 33.9 Å². The van der Waals surface area contributed by atoms with Crippen LogP contribution in [-0.2, 0) is 27.9 Å². The van der Waals surface area contributed by atoms with Gasteiger partial charge in [-0.2, -0.15) is 0 Å². The predicted molar refractivity (Wildman–Crippen MR) is 147 cm³/mol. The summed E-state index contributed by atoms with van der Waals surface area (Å²) < 4.78 is 9.33. The van der Waals surface area contributed by atoms with Gasteiger partial charge in [0.1, 0.15) is 17.9 Å². The zero-order valence-corrected chi connectivity index (χ0v) is 22.3. The molecule has 3 heterocycles. The molecule has 39 heavy (non-hydrogen) atoms. The number of fused-ring (bicyclic) bond motifs is 2. The van der Waals surface area contributed by atoms with Gasteiger partial charge in [-0.05, 0) is 49.9 Å². The van der Waals surface area contributed by atoms with Gasteiger partial charge in [0.15, 0.2) is 6.04 Å². The number of aromatic nitrogens is 5. The number of amides is 2. The molecular weight excluding hydrogens is 494 g/mol. The average Bonchev–Trinajstić information content (AvgIpc) is 3.71. The number of para-hydroxylation sites is 3. The summed E-state index contributed by atoms with van der Waals surface area (Å²) in [6, 6.07) is 14.5. The number of imidazole rings is 1. The Morgan fingerprint density at radius 3 is 2.49 bits per heavy atom. The number of carbonyl (C=O) groups excluding carboxylic acids is 2. The number of aryl methyl sites for hydroxylation is 1. The third-order valence-corrected chi connectivity index (χ3v) is 8.08. The van der Waals surface area contributed by atoms with E-state index < -0.39 is 6.04 Å². The molecule has 0 bridgehead atoms. The molecule has 1 aliphatic carbocycles. The van der Waals surface area contributed by atoms with Crippen molar-refractivity contribution in [3.8, 4) is 0 Å². The van der Waals surface area contributed by atoms with Crippen molar-refractivity contribution in [3.05, 3.63) is 54.4 Å². The molecule has 1 saturated carbocycles. The van der Waals surface area contributed by atoms with Gasteiger partial charge in [0.25, 0.3) is 5.91 Å². The number of rotatable bonds is 8. The van der Waals surface area contributed by atoms with E-state index in [1.807, 2.05) is 60.1 Å². The lowest BCUT2D eigenvalue weighted by atomic mass is 9.92. The van der Waals surface area contributed by atoms with Crippen LogP contribution in [0.25, 0.3) is 22.1 Å². The number of carbonyl (C=O) groups is 2. The summed E-state index contributed by atoms with van der Waals surface area (Å²) in [6.45, 7) is 1.13. The zero-order chi connectivity index (χ0) is 26.8. The van der Waals surface area contributed by atoms with Crippen molar-refractivity contribution in [1.29, 1.82) is 0 Å². The highest BCUT2D eigenvalue weighted by molar-refractivity contribution is 5.90. The van der Waals surface area contributed by atoms with Crippen LogP contribution in [0.2, 0.25) is 0 Å². The van der Waals surface area contributed by atoms with Crippen LogP contribution in [0, 0.1) is 0 Å². The summed E-state index contributed by atoms with van der Waals surface area (Å²) in [6.07, 6.45) is 6.78. The fourth-order valence-electron chi connectivity index (χ4n) is 6.05. The van der Waals surface area contributed by atoms with Crippen LogP contribution >= 0.6 is 0 Å². The first-order valence-electron chi connectivity index (χ1n) is 14.0. The second kappa shape index (κ2) is 11.1. The molecule has 0 radical (unpaired) electrons. The topological polar surface area (TPSA) is 107 Å². The zero-order valence-electron chi connectivity index (χ0n) is 22.3. The third-order valence-electron chi connectivity index (χ3n) is 8.08. The fourth-order valence-corrected chi connectivity index (χ4v) is 6.05. The predicted octanol–water partition coefficient (Wildman–Crippen LogP) is 3.52. The lowest BCUT2D eigenvalue weighted by molar-refractivity contribution is -0.145. The van der Waals surface area contributed by atoms with Crippen LogP contribution in [0.4, 0.5) is 0 Å². The van der Waals surface area contributed by atoms with Gasteiger partial charge in [-0.25, -0.2) is 9.67 Å². The van der Waals surface area contributed by atoms with E-state index in [1.165, 1.54) is 0 Å². The van der Waals surface area contributed by atoms with E-state index in [9.17, 15) is 9.59 Å². The maximum absolute atomic E-state index is 14.3. The van der Waals surface area contributed by atoms with Crippen LogP contribution in [0.5, 0.6) is 0 Å². The molecule has 2 amide bonds. The Bertz CT molecular complexity index is 1470. The van der Waals surface area contributed by atoms with Crippen LogP contribution in [0.1, 0.15) is 56.8 Å². The number of hydrogen-bond acceptors (Lipinski definition) is 6. The standard InChI is InChI=1S/C29H35N7O3/c1-34-24-15-7-5-13-22(24)31-28(34)27(29(38)30-18-21-12-9-17-39-21)36(20-10-3-2-4-11-20)26(37)19-35-25-16-8-6-14-23(25)32-33-35/h5-8,13-16,20-21,27H,2-4,9-12,17-19H2,1H3,(H,30,38)/t21-,27+/m1/s1. The Balaban J connectivity index is 1.39. The summed E-state index contributed by atoms with van der Waals surface area (Å²) >= 11 is 0. The monoisotopic (exact) mass is 529 g/mol. The summed E-state index contributed by atoms with van der Waals surface area (Å²) in [5.41, 5.74) is 3.24. The molecule has 10 heteroatoms.